The number of likely N-dealkylation sites (tertiary alicyclic amines) is 1. The van der Waals surface area contributed by atoms with Crippen molar-refractivity contribution in [1.29, 1.82) is 0 Å². The molecular weight excluding hydrogens is 358 g/mol. The van der Waals surface area contributed by atoms with Crippen LogP contribution in [0, 0.1) is 6.92 Å². The minimum Gasteiger partial charge on any atom is -0.481 e. The summed E-state index contributed by atoms with van der Waals surface area (Å²) < 4.78 is 6.90. The van der Waals surface area contributed by atoms with E-state index < -0.39 is 12.0 Å². The van der Waals surface area contributed by atoms with Gasteiger partial charge < -0.3 is 14.7 Å². The lowest BCUT2D eigenvalue weighted by atomic mass is 10.1. The van der Waals surface area contributed by atoms with Crippen LogP contribution in [0.3, 0.4) is 0 Å². The molecule has 3 rings (SSSR count). The molecule has 2 atom stereocenters. The Balaban J connectivity index is 1.90. The molecule has 1 aromatic carbocycles. The number of carboxylic acids is 1. The summed E-state index contributed by atoms with van der Waals surface area (Å²) in [4.78, 5) is 25.7. The summed E-state index contributed by atoms with van der Waals surface area (Å²) in [5, 5.41) is 14.1. The number of hydrogen-bond acceptors (Lipinski definition) is 4. The first kappa shape index (κ1) is 18.4. The van der Waals surface area contributed by atoms with Crippen molar-refractivity contribution in [2.45, 2.75) is 31.9 Å². The molecule has 0 saturated carbocycles. The number of aromatic nitrogens is 2. The Labute approximate surface area is 156 Å². The summed E-state index contributed by atoms with van der Waals surface area (Å²) in [7, 11) is 1.56. The summed E-state index contributed by atoms with van der Waals surface area (Å²) in [6.07, 6.45) is 1.95. The van der Waals surface area contributed by atoms with Crippen molar-refractivity contribution in [3.8, 4) is 5.69 Å². The summed E-state index contributed by atoms with van der Waals surface area (Å²) in [5.41, 5.74) is 1.66. The number of carboxylic acid groups (broad SMARTS) is 1. The van der Waals surface area contributed by atoms with Gasteiger partial charge in [0.2, 0.25) is 0 Å². The van der Waals surface area contributed by atoms with Gasteiger partial charge in [-0.2, -0.15) is 5.10 Å². The fourth-order valence-electron chi connectivity index (χ4n) is 3.26. The molecule has 1 fully saturated rings. The zero-order chi connectivity index (χ0) is 18.8. The molecule has 1 aromatic heterocycles. The molecule has 1 saturated heterocycles. The molecule has 1 aliphatic rings. The minimum absolute atomic E-state index is 0.115. The first-order valence-electron chi connectivity index (χ1n) is 8.27. The standard InChI is InChI=1S/C18H20ClN3O4/c1-11-9-22(15-6-4-3-5-14(15)19)20-17(11)18(25)21-10-13(26-2)7-12(21)8-16(23)24/h3-6,9,12-13H,7-8,10H2,1-2H3,(H,23,24). The van der Waals surface area contributed by atoms with Crippen LogP contribution in [0.2, 0.25) is 5.02 Å². The van der Waals surface area contributed by atoms with Gasteiger partial charge in [0.1, 0.15) is 0 Å². The van der Waals surface area contributed by atoms with Gasteiger partial charge in [0, 0.05) is 31.5 Å². The van der Waals surface area contributed by atoms with Crippen molar-refractivity contribution in [3.63, 3.8) is 0 Å². The smallest absolute Gasteiger partial charge is 0.305 e. The number of ether oxygens (including phenoxy) is 1. The third-order valence-electron chi connectivity index (χ3n) is 4.58. The number of hydrogen-bond donors (Lipinski definition) is 1. The number of rotatable bonds is 5. The fourth-order valence-corrected chi connectivity index (χ4v) is 3.48. The van der Waals surface area contributed by atoms with Gasteiger partial charge in [-0.15, -0.1) is 0 Å². The van der Waals surface area contributed by atoms with Crippen molar-refractivity contribution < 1.29 is 19.4 Å². The van der Waals surface area contributed by atoms with Crippen molar-refractivity contribution >= 4 is 23.5 Å². The summed E-state index contributed by atoms with van der Waals surface area (Å²) in [6.45, 7) is 2.15. The lowest BCUT2D eigenvalue weighted by Gasteiger charge is -2.22. The van der Waals surface area contributed by atoms with Crippen LogP contribution in [0.5, 0.6) is 0 Å². The van der Waals surface area contributed by atoms with E-state index in [4.69, 9.17) is 21.4 Å². The zero-order valence-corrected chi connectivity index (χ0v) is 15.3. The van der Waals surface area contributed by atoms with Gasteiger partial charge in [-0.3, -0.25) is 9.59 Å². The molecule has 2 heterocycles. The minimum atomic E-state index is -0.942. The lowest BCUT2D eigenvalue weighted by molar-refractivity contribution is -0.138. The maximum absolute atomic E-state index is 13.0. The Bertz CT molecular complexity index is 836. The number of carbonyl (C=O) groups is 2. The van der Waals surface area contributed by atoms with Crippen LogP contribution in [-0.4, -0.2) is 57.5 Å². The van der Waals surface area contributed by atoms with Crippen LogP contribution in [0.25, 0.3) is 5.69 Å². The van der Waals surface area contributed by atoms with E-state index in [2.05, 4.69) is 5.10 Å². The largest absolute Gasteiger partial charge is 0.481 e. The van der Waals surface area contributed by atoms with E-state index in [9.17, 15) is 9.59 Å². The lowest BCUT2D eigenvalue weighted by Crippen LogP contribution is -2.37. The van der Waals surface area contributed by atoms with Gasteiger partial charge in [0.15, 0.2) is 5.69 Å². The number of benzene rings is 1. The molecule has 1 N–H and O–H groups in total. The molecule has 0 aliphatic carbocycles. The molecule has 0 bridgehead atoms. The molecule has 8 heteroatoms. The molecule has 2 unspecified atom stereocenters. The van der Waals surface area contributed by atoms with Gasteiger partial charge in [-0.1, -0.05) is 23.7 Å². The Hall–Kier alpha value is -2.38. The van der Waals surface area contributed by atoms with Crippen molar-refractivity contribution in [2.75, 3.05) is 13.7 Å². The molecule has 1 aliphatic heterocycles. The Morgan fingerprint density at radius 2 is 2.12 bits per heavy atom. The maximum Gasteiger partial charge on any atom is 0.305 e. The van der Waals surface area contributed by atoms with E-state index in [0.29, 0.717) is 29.2 Å². The van der Waals surface area contributed by atoms with E-state index in [1.54, 1.807) is 35.9 Å². The number of halogens is 1. The van der Waals surface area contributed by atoms with E-state index in [0.717, 1.165) is 0 Å². The second-order valence-corrected chi connectivity index (χ2v) is 6.77. The van der Waals surface area contributed by atoms with Crippen molar-refractivity contribution in [3.05, 3.63) is 46.7 Å². The molecule has 138 valence electrons. The van der Waals surface area contributed by atoms with Crippen LogP contribution in [0.1, 0.15) is 28.9 Å². The first-order valence-corrected chi connectivity index (χ1v) is 8.65. The molecule has 0 radical (unpaired) electrons. The number of para-hydroxylation sites is 1. The van der Waals surface area contributed by atoms with E-state index in [-0.39, 0.29) is 24.1 Å². The number of aliphatic carboxylic acids is 1. The second kappa shape index (κ2) is 7.47. The highest BCUT2D eigenvalue weighted by molar-refractivity contribution is 6.32. The topological polar surface area (TPSA) is 84.7 Å². The van der Waals surface area contributed by atoms with E-state index in [1.807, 2.05) is 18.2 Å². The van der Waals surface area contributed by atoms with Crippen LogP contribution in [0.4, 0.5) is 0 Å². The van der Waals surface area contributed by atoms with Crippen molar-refractivity contribution in [1.82, 2.24) is 14.7 Å². The summed E-state index contributed by atoms with van der Waals surface area (Å²) in [5.74, 6) is -1.23. The third kappa shape index (κ3) is 3.59. The fraction of sp³-hybridized carbons (Fsp3) is 0.389. The predicted octanol–water partition coefficient (Wildman–Crippen LogP) is 2.54. The first-order chi connectivity index (χ1) is 12.4. The maximum atomic E-state index is 13.0. The third-order valence-corrected chi connectivity index (χ3v) is 4.90. The van der Waals surface area contributed by atoms with Gasteiger partial charge >= 0.3 is 5.97 Å². The average Bonchev–Trinajstić information content (AvgIpc) is 3.17. The van der Waals surface area contributed by atoms with E-state index in [1.165, 1.54) is 0 Å². The van der Waals surface area contributed by atoms with Crippen molar-refractivity contribution in [2.24, 2.45) is 0 Å². The molecule has 7 nitrogen and oxygen atoms in total. The Morgan fingerprint density at radius 1 is 1.38 bits per heavy atom. The van der Waals surface area contributed by atoms with Crippen LogP contribution < -0.4 is 0 Å². The Kier molecular flexibility index (Phi) is 5.29. The quantitative estimate of drug-likeness (QED) is 0.865. The number of nitrogens with zero attached hydrogens (tertiary/aromatic N) is 3. The van der Waals surface area contributed by atoms with E-state index >= 15 is 0 Å². The SMILES string of the molecule is COC1CC(CC(=O)O)N(C(=O)c2nn(-c3ccccc3Cl)cc2C)C1. The van der Waals surface area contributed by atoms with Gasteiger partial charge in [0.05, 0.1) is 23.2 Å². The molecule has 2 aromatic rings. The highest BCUT2D eigenvalue weighted by atomic mass is 35.5. The highest BCUT2D eigenvalue weighted by Gasteiger charge is 2.38. The average molecular weight is 378 g/mol. The zero-order valence-electron chi connectivity index (χ0n) is 14.6. The highest BCUT2D eigenvalue weighted by Crippen LogP contribution is 2.26. The summed E-state index contributed by atoms with van der Waals surface area (Å²) >= 11 is 6.21. The van der Waals surface area contributed by atoms with Crippen LogP contribution >= 0.6 is 11.6 Å². The molecular formula is C18H20ClN3O4. The number of carbonyl (C=O) groups excluding carboxylic acids is 1. The van der Waals surface area contributed by atoms with Gasteiger partial charge in [-0.25, -0.2) is 4.68 Å². The number of aryl methyl sites for hydroxylation is 1. The normalized spacial score (nSPS) is 19.7. The number of methoxy groups -OCH3 is 1. The van der Waals surface area contributed by atoms with Crippen LogP contribution in [-0.2, 0) is 9.53 Å². The Morgan fingerprint density at radius 3 is 2.77 bits per heavy atom. The number of amides is 1. The molecule has 0 spiro atoms. The second-order valence-electron chi connectivity index (χ2n) is 6.36. The van der Waals surface area contributed by atoms with Crippen LogP contribution in [0.15, 0.2) is 30.5 Å². The summed E-state index contributed by atoms with van der Waals surface area (Å²) in [6, 6.07) is 6.82. The molecule has 26 heavy (non-hydrogen) atoms. The van der Waals surface area contributed by atoms with Gasteiger partial charge in [0.25, 0.3) is 5.91 Å². The monoisotopic (exact) mass is 377 g/mol. The predicted molar refractivity (Wildman–Crippen MR) is 95.8 cm³/mol. The van der Waals surface area contributed by atoms with Gasteiger partial charge in [-0.05, 0) is 25.5 Å². The molecule has 1 amide bonds.